The Balaban J connectivity index is 1.69. The minimum absolute atomic E-state index is 0.320. The molecule has 0 saturated heterocycles. The summed E-state index contributed by atoms with van der Waals surface area (Å²) < 4.78 is 24.3. The first-order valence-corrected chi connectivity index (χ1v) is 9.31. The van der Waals surface area contributed by atoms with E-state index in [1.165, 1.54) is 11.0 Å². The molecule has 3 aromatic carbocycles. The second kappa shape index (κ2) is 7.28. The highest BCUT2D eigenvalue weighted by Crippen LogP contribution is 2.19. The molecule has 0 aromatic heterocycles. The first kappa shape index (κ1) is 16.2. The fourth-order valence-corrected chi connectivity index (χ4v) is 3.51. The van der Waals surface area contributed by atoms with Gasteiger partial charge in [-0.3, -0.25) is 0 Å². The predicted molar refractivity (Wildman–Crippen MR) is 98.3 cm³/mol. The van der Waals surface area contributed by atoms with Crippen LogP contribution in [0.3, 0.4) is 0 Å². The molecule has 0 heterocycles. The minimum atomic E-state index is -3.36. The lowest BCUT2D eigenvalue weighted by molar-refractivity contribution is 0.604. The molecule has 0 fully saturated rings. The third-order valence-electron chi connectivity index (χ3n) is 3.76. The predicted octanol–water partition coefficient (Wildman–Crippen LogP) is 4.88. The van der Waals surface area contributed by atoms with E-state index in [9.17, 15) is 8.42 Å². The second-order valence-electron chi connectivity index (χ2n) is 5.50. The maximum absolute atomic E-state index is 12.2. The second-order valence-corrected chi connectivity index (χ2v) is 7.33. The molecule has 0 aliphatic carbocycles. The van der Waals surface area contributed by atoms with Crippen molar-refractivity contribution in [3.05, 3.63) is 102 Å². The summed E-state index contributed by atoms with van der Waals surface area (Å²) in [5, 5.41) is 1.29. The molecule has 120 valence electrons. The maximum atomic E-state index is 12.2. The first-order valence-electron chi connectivity index (χ1n) is 7.76. The zero-order valence-corrected chi connectivity index (χ0v) is 14.0. The van der Waals surface area contributed by atoms with Gasteiger partial charge in [-0.2, -0.15) is 0 Å². The van der Waals surface area contributed by atoms with E-state index >= 15 is 0 Å². The Kier molecular flexibility index (Phi) is 4.92. The molecule has 0 unspecified atom stereocenters. The molecular formula is C21H18O2S. The van der Waals surface area contributed by atoms with E-state index in [0.29, 0.717) is 11.3 Å². The molecule has 0 aliphatic rings. The van der Waals surface area contributed by atoms with Gasteiger partial charge in [0.25, 0.3) is 0 Å². The fraction of sp³-hybridized carbons (Fsp3) is 0.0476. The van der Waals surface area contributed by atoms with Crippen LogP contribution in [-0.4, -0.2) is 8.42 Å². The highest BCUT2D eigenvalue weighted by atomic mass is 32.2. The molecule has 0 amide bonds. The number of hydrogen-bond donors (Lipinski definition) is 0. The lowest BCUT2D eigenvalue weighted by Crippen LogP contribution is -1.95. The summed E-state index contributed by atoms with van der Waals surface area (Å²) in [5.74, 6) is 0. The van der Waals surface area contributed by atoms with Gasteiger partial charge in [0.2, 0.25) is 0 Å². The first-order chi connectivity index (χ1) is 11.6. The fourth-order valence-electron chi connectivity index (χ4n) is 2.46. The average Bonchev–Trinajstić information content (AvgIpc) is 2.64. The quantitative estimate of drug-likeness (QED) is 0.666. The Morgan fingerprint density at radius 3 is 1.83 bits per heavy atom. The highest BCUT2D eigenvalue weighted by molar-refractivity contribution is 7.94. The van der Waals surface area contributed by atoms with Gasteiger partial charge in [-0.25, -0.2) is 8.42 Å². The molecule has 0 radical (unpaired) electrons. The number of rotatable bonds is 5. The summed E-state index contributed by atoms with van der Waals surface area (Å²) >= 11 is 0. The van der Waals surface area contributed by atoms with Crippen LogP contribution in [0.15, 0.2) is 101 Å². The van der Waals surface area contributed by atoms with E-state index in [2.05, 4.69) is 24.3 Å². The summed E-state index contributed by atoms with van der Waals surface area (Å²) in [7, 11) is -3.36. The number of benzene rings is 3. The summed E-state index contributed by atoms with van der Waals surface area (Å²) in [5.41, 5.74) is 3.40. The van der Waals surface area contributed by atoms with Gasteiger partial charge in [-0.05, 0) is 35.2 Å². The molecular weight excluding hydrogens is 316 g/mol. The molecule has 3 aromatic rings. The summed E-state index contributed by atoms with van der Waals surface area (Å²) in [6.07, 6.45) is 2.28. The average molecular weight is 334 g/mol. The van der Waals surface area contributed by atoms with Crippen molar-refractivity contribution >= 4 is 9.84 Å². The molecule has 3 rings (SSSR count). The van der Waals surface area contributed by atoms with Crippen molar-refractivity contribution in [2.75, 3.05) is 0 Å². The third kappa shape index (κ3) is 4.00. The molecule has 3 heteroatoms. The number of allylic oxidation sites excluding steroid dienone is 1. The third-order valence-corrected chi connectivity index (χ3v) is 5.24. The molecule has 2 nitrogen and oxygen atoms in total. The van der Waals surface area contributed by atoms with Gasteiger partial charge in [0.15, 0.2) is 9.84 Å². The van der Waals surface area contributed by atoms with Crippen molar-refractivity contribution in [1.82, 2.24) is 0 Å². The van der Waals surface area contributed by atoms with Crippen LogP contribution in [0.5, 0.6) is 0 Å². The van der Waals surface area contributed by atoms with Gasteiger partial charge in [-0.1, -0.05) is 78.9 Å². The Bertz CT molecular complexity index is 911. The van der Waals surface area contributed by atoms with E-state index in [1.54, 1.807) is 36.4 Å². The van der Waals surface area contributed by atoms with E-state index in [1.807, 2.05) is 30.3 Å². The van der Waals surface area contributed by atoms with Crippen molar-refractivity contribution in [2.24, 2.45) is 0 Å². The maximum Gasteiger partial charge on any atom is 0.199 e. The zero-order valence-electron chi connectivity index (χ0n) is 13.2. The van der Waals surface area contributed by atoms with E-state index in [4.69, 9.17) is 0 Å². The van der Waals surface area contributed by atoms with Crippen molar-refractivity contribution < 1.29 is 8.42 Å². The van der Waals surface area contributed by atoms with Crippen molar-refractivity contribution in [1.29, 1.82) is 0 Å². The molecule has 24 heavy (non-hydrogen) atoms. The number of hydrogen-bond acceptors (Lipinski definition) is 2. The van der Waals surface area contributed by atoms with Crippen LogP contribution in [-0.2, 0) is 16.3 Å². The lowest BCUT2D eigenvalue weighted by Gasteiger charge is -2.03. The lowest BCUT2D eigenvalue weighted by atomic mass is 10.0. The van der Waals surface area contributed by atoms with Crippen molar-refractivity contribution in [3.63, 3.8) is 0 Å². The van der Waals surface area contributed by atoms with Gasteiger partial charge in [0.1, 0.15) is 0 Å². The molecule has 0 bridgehead atoms. The monoisotopic (exact) mass is 334 g/mol. The Labute approximate surface area is 143 Å². The minimum Gasteiger partial charge on any atom is -0.219 e. The number of sulfone groups is 1. The van der Waals surface area contributed by atoms with Gasteiger partial charge in [0, 0.05) is 5.41 Å². The largest absolute Gasteiger partial charge is 0.219 e. The van der Waals surface area contributed by atoms with Crippen LogP contribution < -0.4 is 0 Å². The van der Waals surface area contributed by atoms with Crippen LogP contribution in [0.4, 0.5) is 0 Å². The van der Waals surface area contributed by atoms with E-state index in [0.717, 1.165) is 11.1 Å². The van der Waals surface area contributed by atoms with Crippen LogP contribution in [0.25, 0.3) is 11.1 Å². The van der Waals surface area contributed by atoms with Gasteiger partial charge >= 0.3 is 0 Å². The van der Waals surface area contributed by atoms with Gasteiger partial charge < -0.3 is 0 Å². The molecule has 0 N–H and O–H groups in total. The normalized spacial score (nSPS) is 11.7. The summed E-state index contributed by atoms with van der Waals surface area (Å²) in [6.45, 7) is 0. The van der Waals surface area contributed by atoms with E-state index in [-0.39, 0.29) is 0 Å². The summed E-state index contributed by atoms with van der Waals surface area (Å²) in [6, 6.07) is 26.8. The molecule has 0 atom stereocenters. The standard InChI is InChI=1S/C21H18O2S/c22-24(23,21-11-5-2-6-12-21)17-7-8-18-13-15-20(16-14-18)19-9-3-1-4-10-19/h1-7,9-17H,8H2/b17-7+. The topological polar surface area (TPSA) is 34.1 Å². The summed E-state index contributed by atoms with van der Waals surface area (Å²) in [4.78, 5) is 0.320. The Hall–Kier alpha value is -2.65. The Morgan fingerprint density at radius 2 is 1.21 bits per heavy atom. The molecule has 0 aliphatic heterocycles. The SMILES string of the molecule is O=S(=O)(/C=C/Cc1ccc(-c2ccccc2)cc1)c1ccccc1. The smallest absolute Gasteiger partial charge is 0.199 e. The van der Waals surface area contributed by atoms with Crippen LogP contribution in [0, 0.1) is 0 Å². The van der Waals surface area contributed by atoms with Gasteiger partial charge in [-0.15, -0.1) is 0 Å². The highest BCUT2D eigenvalue weighted by Gasteiger charge is 2.08. The van der Waals surface area contributed by atoms with Crippen molar-refractivity contribution in [2.45, 2.75) is 11.3 Å². The van der Waals surface area contributed by atoms with Crippen LogP contribution in [0.2, 0.25) is 0 Å². The van der Waals surface area contributed by atoms with Crippen LogP contribution in [0.1, 0.15) is 5.56 Å². The van der Waals surface area contributed by atoms with Gasteiger partial charge in [0.05, 0.1) is 4.90 Å². The molecule has 0 spiro atoms. The molecule has 0 saturated carbocycles. The zero-order chi connectivity index (χ0) is 16.8. The van der Waals surface area contributed by atoms with Crippen LogP contribution >= 0.6 is 0 Å². The van der Waals surface area contributed by atoms with E-state index < -0.39 is 9.84 Å². The van der Waals surface area contributed by atoms with Crippen molar-refractivity contribution in [3.8, 4) is 11.1 Å². The Morgan fingerprint density at radius 1 is 0.667 bits per heavy atom.